The van der Waals surface area contributed by atoms with Crippen LogP contribution in [0.5, 0.6) is 0 Å². The summed E-state index contributed by atoms with van der Waals surface area (Å²) in [5.74, 6) is 0.0583. The Kier molecular flexibility index (Phi) is 15.2. The van der Waals surface area contributed by atoms with Crippen molar-refractivity contribution >= 4 is 152 Å². The van der Waals surface area contributed by atoms with Crippen molar-refractivity contribution in [1.29, 1.82) is 0 Å². The summed E-state index contributed by atoms with van der Waals surface area (Å²) >= 11 is 17.1. The number of carbonyl (C=O) groups excluding carboxylic acids is 2. The summed E-state index contributed by atoms with van der Waals surface area (Å²) < 4.78 is 1.05. The molecule has 100 heavy (non-hydrogen) atoms. The number of rotatable bonds is 6. The molecule has 14 aromatic rings. The molecule has 0 heterocycles. The average Bonchev–Trinajstić information content (AvgIpc) is 1.53. The van der Waals surface area contributed by atoms with Gasteiger partial charge in [0.1, 0.15) is 7.85 Å². The van der Waals surface area contributed by atoms with E-state index in [9.17, 15) is 9.59 Å². The number of Topliss-reactive ketones (excluding diaryl/α,β-unsaturated/α-hetero) is 2. The Hall–Kier alpha value is -10.5. The number of aliphatic hydroxyl groups is 2. The van der Waals surface area contributed by atoms with E-state index in [1.807, 2.05) is 115 Å². The summed E-state index contributed by atoms with van der Waals surface area (Å²) in [6, 6.07) is 95.8. The topological polar surface area (TPSA) is 74.6 Å². The van der Waals surface area contributed by atoms with E-state index < -0.39 is 11.2 Å². The number of allylic oxidation sites excluding steroid dienone is 8. The lowest BCUT2D eigenvalue weighted by Crippen LogP contribution is -2.44. The molecule has 20 rings (SSSR count). The van der Waals surface area contributed by atoms with Gasteiger partial charge in [0.05, 0.1) is 11.2 Å². The first-order chi connectivity index (χ1) is 48.5. The van der Waals surface area contributed by atoms with Gasteiger partial charge in [0.2, 0.25) is 0 Å². The van der Waals surface area contributed by atoms with Gasteiger partial charge >= 0.3 is 0 Å². The maximum atomic E-state index is 14.4. The molecular weight excluding hydrogens is 1330 g/mol. The normalized spacial score (nSPS) is 14.0. The molecule has 2 N–H and O–H groups in total. The van der Waals surface area contributed by atoms with Crippen molar-refractivity contribution < 1.29 is 19.8 Å². The number of ketones is 2. The molecule has 8 heteroatoms. The smallest absolute Gasteiger partial charge is 0.195 e. The molecule has 0 spiro atoms. The Morgan fingerprint density at radius 3 is 0.980 bits per heavy atom. The zero-order valence-electron chi connectivity index (χ0n) is 55.0. The Labute approximate surface area is 599 Å². The second-order valence-corrected chi connectivity index (χ2v) is 28.8. The molecule has 0 amide bonds. The molecule has 0 unspecified atom stereocenters. The van der Waals surface area contributed by atoms with E-state index in [2.05, 4.69) is 180 Å². The van der Waals surface area contributed by atoms with Crippen LogP contribution in [0.25, 0.3) is 143 Å². The predicted molar refractivity (Wildman–Crippen MR) is 422 cm³/mol. The molecule has 0 atom stereocenters. The van der Waals surface area contributed by atoms with Crippen molar-refractivity contribution in [3.05, 3.63) is 338 Å². The molecule has 0 fully saturated rings. The van der Waals surface area contributed by atoms with E-state index >= 15 is 0 Å². The van der Waals surface area contributed by atoms with Gasteiger partial charge in [-0.15, -0.1) is 0 Å². The van der Waals surface area contributed by atoms with Crippen LogP contribution in [-0.2, 0) is 9.59 Å². The van der Waals surface area contributed by atoms with Crippen LogP contribution in [0.15, 0.2) is 284 Å². The van der Waals surface area contributed by atoms with Crippen molar-refractivity contribution in [3.63, 3.8) is 0 Å². The summed E-state index contributed by atoms with van der Waals surface area (Å²) in [6.45, 7) is 6.31. The van der Waals surface area contributed by atoms with Crippen LogP contribution in [0.2, 0.25) is 10.0 Å². The largest absolute Gasteiger partial charge is 0.387 e. The lowest BCUT2D eigenvalue weighted by molar-refractivity contribution is -0.109. The van der Waals surface area contributed by atoms with Crippen molar-refractivity contribution in [2.24, 2.45) is 0 Å². The Balaban J connectivity index is 0.000000116. The average molecular weight is 1390 g/mol. The van der Waals surface area contributed by atoms with Crippen molar-refractivity contribution in [2.75, 3.05) is 0 Å². The highest BCUT2D eigenvalue weighted by atomic mass is 79.9. The fraction of sp³-hybridized carbons (Fsp3) is 0.0652. The zero-order valence-corrected chi connectivity index (χ0v) is 58.1. The summed E-state index contributed by atoms with van der Waals surface area (Å²) in [4.78, 5) is 28.3. The number of halogens is 3. The van der Waals surface area contributed by atoms with E-state index in [-0.39, 0.29) is 11.6 Å². The van der Waals surface area contributed by atoms with Crippen LogP contribution in [0.3, 0.4) is 0 Å². The summed E-state index contributed by atoms with van der Waals surface area (Å²) in [6.07, 6.45) is 0. The van der Waals surface area contributed by atoms with Crippen molar-refractivity contribution in [2.45, 2.75) is 38.9 Å². The minimum absolute atomic E-state index is 0.0260. The van der Waals surface area contributed by atoms with Gasteiger partial charge in [-0.25, -0.2) is 0 Å². The lowest BCUT2D eigenvalue weighted by Gasteiger charge is -2.31. The summed E-state index contributed by atoms with van der Waals surface area (Å²) in [5, 5.41) is 29.1. The Morgan fingerprint density at radius 2 is 0.550 bits per heavy atom. The Bertz CT molecular complexity index is 5990. The van der Waals surface area contributed by atoms with Crippen molar-refractivity contribution in [3.8, 4) is 55.6 Å². The van der Waals surface area contributed by atoms with Crippen molar-refractivity contribution in [1.82, 2.24) is 0 Å². The number of hydrogen-bond donors (Lipinski definition) is 2. The quantitative estimate of drug-likeness (QED) is 0.163. The minimum Gasteiger partial charge on any atom is -0.387 e. The van der Waals surface area contributed by atoms with Gasteiger partial charge in [-0.2, -0.15) is 0 Å². The maximum absolute atomic E-state index is 14.4. The molecule has 476 valence electrons. The molecule has 4 nitrogen and oxygen atoms in total. The van der Waals surface area contributed by atoms with Gasteiger partial charge in [0, 0.05) is 70.2 Å². The maximum Gasteiger partial charge on any atom is 0.195 e. The van der Waals surface area contributed by atoms with Crippen LogP contribution in [0, 0.1) is 0 Å². The van der Waals surface area contributed by atoms with Gasteiger partial charge < -0.3 is 10.2 Å². The third-order valence-electron chi connectivity index (χ3n) is 20.8. The highest BCUT2D eigenvalue weighted by Gasteiger charge is 2.43. The van der Waals surface area contributed by atoms with Gasteiger partial charge in [-0.3, -0.25) is 9.59 Å². The number of carbonyl (C=O) groups is 2. The molecule has 0 aromatic heterocycles. The molecular formula is C92H60BBrCl2O4. The first-order valence-electron chi connectivity index (χ1n) is 33.5. The molecule has 6 aliphatic rings. The fourth-order valence-corrected chi connectivity index (χ4v) is 16.5. The first-order valence-corrected chi connectivity index (χ1v) is 35.0. The molecule has 14 aromatic carbocycles. The standard InChI is InChI=1S/C43H23ClO.C27H14BrClO.C16H9B.C6H14O2/c44-36-19-7-6-14-33(36)42-41-35-23-21-28(27-20-22-32-26-13-5-4-12-25(26)29-15-8-16-30(27)38(29)32)31-17-9-18-34(39(31)35)40(41)37(43(42)45)24-10-2-1-3-11-24;28-20-14-13-19-23-16(20)10-6-11-18(23)24-22(15-7-2-1-3-8-15)27(30)26(25(19)24)17-9-4-5-12-21(17)29;17-15-9-8-13-11-5-2-1-4-10(11)12-6-3-7-14(15)16(12)13;1-5(2,7)6(3,4)8/h1-23H;1-14H;1-9H;7-8H,1-4H3. The first kappa shape index (κ1) is 62.9. The SMILES string of the molecule is CC(C)(O)C(C)(C)O.O=C1C(c2ccccc2)=C2C(=C1c1ccccc1Cl)c1ccc(-c3ccc4c5c(cccc35)-c3ccccc3-4)c3cccc2c13.O=C1C(c2ccccc2)=C2C(=C1c1ccccc1Cl)c1ccc(Br)c3cccc2c13.[B]c1ccc2c3c(cccc13)-c1ccccc1-2. The van der Waals surface area contributed by atoms with Gasteiger partial charge in [-0.1, -0.05) is 305 Å². The van der Waals surface area contributed by atoms with Crippen LogP contribution < -0.4 is 5.46 Å². The number of benzene rings is 14. The van der Waals surface area contributed by atoms with Gasteiger partial charge in [0.15, 0.2) is 11.6 Å². The number of fused-ring (bicyclic) bond motifs is 12. The molecule has 2 radical (unpaired) electrons. The Morgan fingerprint density at radius 1 is 0.270 bits per heavy atom. The van der Waals surface area contributed by atoms with Crippen LogP contribution >= 0.6 is 39.1 Å². The van der Waals surface area contributed by atoms with Crippen LogP contribution in [0.1, 0.15) is 72.2 Å². The monoisotopic (exact) mass is 1390 g/mol. The van der Waals surface area contributed by atoms with E-state index in [0.717, 1.165) is 98.7 Å². The molecule has 0 aliphatic heterocycles. The third-order valence-corrected chi connectivity index (χ3v) is 22.2. The molecule has 0 saturated heterocycles. The van der Waals surface area contributed by atoms with E-state index in [1.54, 1.807) is 27.7 Å². The van der Waals surface area contributed by atoms with E-state index in [4.69, 9.17) is 41.3 Å². The van der Waals surface area contributed by atoms with Gasteiger partial charge in [0.25, 0.3) is 0 Å². The summed E-state index contributed by atoms with van der Waals surface area (Å²) in [5.41, 5.74) is 26.4. The minimum atomic E-state index is -1.01. The van der Waals surface area contributed by atoms with Gasteiger partial charge in [-0.05, 0) is 178 Å². The van der Waals surface area contributed by atoms with E-state index in [0.29, 0.717) is 21.2 Å². The summed E-state index contributed by atoms with van der Waals surface area (Å²) in [7, 11) is 6.06. The van der Waals surface area contributed by atoms with Crippen LogP contribution in [-0.4, -0.2) is 40.8 Å². The van der Waals surface area contributed by atoms with Crippen LogP contribution in [0.4, 0.5) is 0 Å². The molecule has 6 aliphatic carbocycles. The zero-order chi connectivity index (χ0) is 68.6. The lowest BCUT2D eigenvalue weighted by atomic mass is 9.88. The second kappa shape index (κ2) is 24.1. The molecule has 0 saturated carbocycles. The second-order valence-electron chi connectivity index (χ2n) is 27.1. The molecule has 0 bridgehead atoms. The highest BCUT2D eigenvalue weighted by Crippen LogP contribution is 2.61. The third kappa shape index (κ3) is 9.79. The van der Waals surface area contributed by atoms with E-state index in [1.165, 1.54) is 88.0 Å². The highest BCUT2D eigenvalue weighted by molar-refractivity contribution is 9.10. The predicted octanol–water partition coefficient (Wildman–Crippen LogP) is 22.9. The fourth-order valence-electron chi connectivity index (χ4n) is 15.6. The number of hydrogen-bond acceptors (Lipinski definition) is 4.